The SMILES string of the molecule is COP(=O)(OC)c1c(N)oc(-c2ccc(Cl)cc2)c(C#N)c1=O. The molecule has 0 bridgehead atoms. The van der Waals surface area contributed by atoms with Crippen molar-refractivity contribution in [3.05, 3.63) is 45.1 Å². The van der Waals surface area contributed by atoms with Gasteiger partial charge >= 0.3 is 7.60 Å². The standard InChI is InChI=1S/C14H12ClN2O5P/c1-20-23(19,21-2)13-11(18)10(7-16)12(22-14(13)17)8-3-5-9(15)6-4-8/h3-6H,17H2,1-2H3. The van der Waals surface area contributed by atoms with Crippen LogP contribution in [0.15, 0.2) is 33.5 Å². The first-order chi connectivity index (χ1) is 10.9. The first kappa shape index (κ1) is 17.3. The molecule has 2 aromatic rings. The van der Waals surface area contributed by atoms with Crippen LogP contribution in [0.4, 0.5) is 5.88 Å². The molecule has 1 heterocycles. The highest BCUT2D eigenvalue weighted by Crippen LogP contribution is 2.46. The molecule has 0 amide bonds. The lowest BCUT2D eigenvalue weighted by Gasteiger charge is -2.15. The van der Waals surface area contributed by atoms with E-state index in [1.54, 1.807) is 30.3 Å². The number of nitriles is 1. The highest BCUT2D eigenvalue weighted by Gasteiger charge is 2.35. The summed E-state index contributed by atoms with van der Waals surface area (Å²) >= 11 is 5.81. The third kappa shape index (κ3) is 3.03. The van der Waals surface area contributed by atoms with Gasteiger partial charge < -0.3 is 19.2 Å². The number of anilines is 1. The van der Waals surface area contributed by atoms with Crippen molar-refractivity contribution in [2.24, 2.45) is 0 Å². The first-order valence-electron chi connectivity index (χ1n) is 6.22. The van der Waals surface area contributed by atoms with Crippen molar-refractivity contribution in [1.82, 2.24) is 0 Å². The summed E-state index contributed by atoms with van der Waals surface area (Å²) in [5.41, 5.74) is 4.92. The van der Waals surface area contributed by atoms with Gasteiger partial charge in [-0.3, -0.25) is 9.36 Å². The van der Waals surface area contributed by atoms with E-state index >= 15 is 0 Å². The van der Waals surface area contributed by atoms with E-state index in [2.05, 4.69) is 0 Å². The van der Waals surface area contributed by atoms with Gasteiger partial charge in [-0.1, -0.05) is 11.6 Å². The van der Waals surface area contributed by atoms with Crippen LogP contribution in [0, 0.1) is 11.3 Å². The molecule has 23 heavy (non-hydrogen) atoms. The number of halogens is 1. The maximum atomic E-state index is 12.5. The number of nitrogen functional groups attached to an aromatic ring is 1. The van der Waals surface area contributed by atoms with E-state index in [0.717, 1.165) is 14.2 Å². The lowest BCUT2D eigenvalue weighted by atomic mass is 10.1. The topological polar surface area (TPSA) is 116 Å². The molecule has 2 rings (SSSR count). The second-order valence-corrected chi connectivity index (χ2v) is 6.94. The summed E-state index contributed by atoms with van der Waals surface area (Å²) in [4.78, 5) is 12.5. The molecule has 0 aliphatic heterocycles. The van der Waals surface area contributed by atoms with Crippen LogP contribution in [0.1, 0.15) is 5.56 Å². The molecule has 9 heteroatoms. The average Bonchev–Trinajstić information content (AvgIpc) is 2.54. The third-order valence-electron chi connectivity index (χ3n) is 3.09. The summed E-state index contributed by atoms with van der Waals surface area (Å²) < 4.78 is 27.3. The largest absolute Gasteiger partial charge is 0.438 e. The molecular formula is C14H12ClN2O5P. The van der Waals surface area contributed by atoms with Crippen LogP contribution in [0.2, 0.25) is 5.02 Å². The highest BCUT2D eigenvalue weighted by molar-refractivity contribution is 7.62. The number of hydrogen-bond donors (Lipinski definition) is 1. The van der Waals surface area contributed by atoms with Crippen LogP contribution in [-0.4, -0.2) is 14.2 Å². The van der Waals surface area contributed by atoms with Crippen molar-refractivity contribution >= 4 is 30.4 Å². The van der Waals surface area contributed by atoms with Crippen LogP contribution in [0.3, 0.4) is 0 Å². The van der Waals surface area contributed by atoms with E-state index < -0.39 is 24.2 Å². The number of nitrogens with two attached hydrogens (primary N) is 1. The fraction of sp³-hybridized carbons (Fsp3) is 0.143. The van der Waals surface area contributed by atoms with Crippen molar-refractivity contribution in [2.75, 3.05) is 20.0 Å². The second kappa shape index (κ2) is 6.57. The molecule has 0 aliphatic carbocycles. The van der Waals surface area contributed by atoms with E-state index in [9.17, 15) is 14.6 Å². The predicted octanol–water partition coefficient (Wildman–Crippen LogP) is 2.53. The molecule has 0 saturated heterocycles. The summed E-state index contributed by atoms with van der Waals surface area (Å²) in [6, 6.07) is 8.00. The number of hydrogen-bond acceptors (Lipinski definition) is 7. The van der Waals surface area contributed by atoms with E-state index in [0.29, 0.717) is 10.6 Å². The molecule has 2 N–H and O–H groups in total. The number of nitrogens with zero attached hydrogens (tertiary/aromatic N) is 1. The van der Waals surface area contributed by atoms with Crippen molar-refractivity contribution < 1.29 is 18.0 Å². The molecule has 1 aromatic heterocycles. The maximum absolute atomic E-state index is 12.5. The Morgan fingerprint density at radius 3 is 2.30 bits per heavy atom. The molecule has 0 spiro atoms. The Kier molecular flexibility index (Phi) is 4.93. The van der Waals surface area contributed by atoms with E-state index in [1.807, 2.05) is 0 Å². The normalized spacial score (nSPS) is 11.2. The molecule has 0 unspecified atom stereocenters. The van der Waals surface area contributed by atoms with Crippen LogP contribution >= 0.6 is 19.2 Å². The van der Waals surface area contributed by atoms with Gasteiger partial charge in [0.1, 0.15) is 11.6 Å². The lowest BCUT2D eigenvalue weighted by molar-refractivity contribution is 0.287. The van der Waals surface area contributed by atoms with Gasteiger partial charge in [0.25, 0.3) is 0 Å². The van der Waals surface area contributed by atoms with Crippen LogP contribution in [0.5, 0.6) is 0 Å². The second-order valence-electron chi connectivity index (χ2n) is 4.33. The fourth-order valence-electron chi connectivity index (χ4n) is 1.97. The maximum Gasteiger partial charge on any atom is 0.370 e. The molecule has 120 valence electrons. The number of benzene rings is 1. The Balaban J connectivity index is 2.81. The van der Waals surface area contributed by atoms with Crippen LogP contribution in [0.25, 0.3) is 11.3 Å². The van der Waals surface area contributed by atoms with E-state index in [1.165, 1.54) is 0 Å². The van der Waals surface area contributed by atoms with Crippen LogP contribution < -0.4 is 16.5 Å². The summed E-state index contributed by atoms with van der Waals surface area (Å²) in [7, 11) is -1.77. The Hall–Kier alpha value is -2.10. The zero-order valence-corrected chi connectivity index (χ0v) is 13.9. The first-order valence-corrected chi connectivity index (χ1v) is 8.14. The minimum Gasteiger partial charge on any atom is -0.438 e. The van der Waals surface area contributed by atoms with Gasteiger partial charge in [0.15, 0.2) is 11.1 Å². The van der Waals surface area contributed by atoms with Crippen molar-refractivity contribution in [2.45, 2.75) is 0 Å². The van der Waals surface area contributed by atoms with Gasteiger partial charge in [0.2, 0.25) is 11.3 Å². The smallest absolute Gasteiger partial charge is 0.370 e. The molecular weight excluding hydrogens is 343 g/mol. The summed E-state index contributed by atoms with van der Waals surface area (Å²) in [5.74, 6) is -0.486. The summed E-state index contributed by atoms with van der Waals surface area (Å²) in [5, 5.41) is 9.26. The zero-order chi connectivity index (χ0) is 17.2. The molecule has 0 saturated carbocycles. The number of rotatable bonds is 4. The van der Waals surface area contributed by atoms with Gasteiger partial charge in [-0.2, -0.15) is 5.26 Å². The quantitative estimate of drug-likeness (QED) is 0.838. The minimum atomic E-state index is -3.97. The monoisotopic (exact) mass is 354 g/mol. The van der Waals surface area contributed by atoms with Gasteiger partial charge in [-0.25, -0.2) is 0 Å². The van der Waals surface area contributed by atoms with Crippen molar-refractivity contribution in [3.8, 4) is 17.4 Å². The molecule has 1 aromatic carbocycles. The van der Waals surface area contributed by atoms with Gasteiger partial charge in [-0.15, -0.1) is 0 Å². The third-order valence-corrected chi connectivity index (χ3v) is 5.27. The zero-order valence-electron chi connectivity index (χ0n) is 12.2. The molecule has 0 fully saturated rings. The summed E-state index contributed by atoms with van der Waals surface area (Å²) in [6.45, 7) is 0. The predicted molar refractivity (Wildman–Crippen MR) is 85.8 cm³/mol. The van der Waals surface area contributed by atoms with Gasteiger partial charge in [0, 0.05) is 24.8 Å². The highest BCUT2D eigenvalue weighted by atomic mass is 35.5. The molecule has 7 nitrogen and oxygen atoms in total. The lowest BCUT2D eigenvalue weighted by Crippen LogP contribution is -2.31. The van der Waals surface area contributed by atoms with E-state index in [4.69, 9.17) is 30.8 Å². The summed E-state index contributed by atoms with van der Waals surface area (Å²) in [6.07, 6.45) is 0. The Morgan fingerprint density at radius 2 is 1.83 bits per heavy atom. The van der Waals surface area contributed by atoms with Gasteiger partial charge in [-0.05, 0) is 24.3 Å². The van der Waals surface area contributed by atoms with Crippen LogP contribution in [-0.2, 0) is 13.6 Å². The fourth-order valence-corrected chi connectivity index (χ4v) is 3.28. The Bertz CT molecular complexity index is 878. The average molecular weight is 355 g/mol. The van der Waals surface area contributed by atoms with Crippen molar-refractivity contribution in [3.63, 3.8) is 0 Å². The Morgan fingerprint density at radius 1 is 1.26 bits per heavy atom. The minimum absolute atomic E-state index is 0.0471. The molecule has 0 radical (unpaired) electrons. The van der Waals surface area contributed by atoms with Crippen molar-refractivity contribution in [1.29, 1.82) is 5.26 Å². The van der Waals surface area contributed by atoms with Gasteiger partial charge in [0.05, 0.1) is 0 Å². The molecule has 0 atom stereocenters. The Labute approximate surface area is 136 Å². The van der Waals surface area contributed by atoms with E-state index in [-0.39, 0.29) is 11.3 Å². The molecule has 0 aliphatic rings.